The van der Waals surface area contributed by atoms with Crippen molar-refractivity contribution in [2.75, 3.05) is 6.61 Å². The number of carbonyl (C=O) groups is 2. The van der Waals surface area contributed by atoms with Crippen LogP contribution in [0.5, 0.6) is 0 Å². The Hall–Kier alpha value is -2.13. The lowest BCUT2D eigenvalue weighted by Gasteiger charge is -2.03. The van der Waals surface area contributed by atoms with E-state index in [2.05, 4.69) is 20.7 Å². The summed E-state index contributed by atoms with van der Waals surface area (Å²) in [5, 5.41) is 10.9. The summed E-state index contributed by atoms with van der Waals surface area (Å²) in [6.45, 7) is 1.77. The van der Waals surface area contributed by atoms with Crippen molar-refractivity contribution < 1.29 is 14.3 Å². The largest absolute Gasteiger partial charge is 0.450 e. The molecule has 0 fully saturated rings. The van der Waals surface area contributed by atoms with Gasteiger partial charge in [-0.05, 0) is 30.7 Å². The molecule has 0 aliphatic heterocycles. The van der Waals surface area contributed by atoms with Gasteiger partial charge in [-0.25, -0.2) is 4.79 Å². The molecule has 1 aromatic carbocycles. The van der Waals surface area contributed by atoms with Crippen LogP contribution in [0.25, 0.3) is 6.08 Å². The SMILES string of the molecule is CCOC(=O)NC(=O)C(C#N)=Cc1cccc(Br)c1. The predicted octanol–water partition coefficient (Wildman–Crippen LogP) is 2.63. The number of carbonyl (C=O) groups excluding carboxylic acids is 2. The fourth-order valence-corrected chi connectivity index (χ4v) is 1.66. The van der Waals surface area contributed by atoms with Crippen molar-refractivity contribution in [2.24, 2.45) is 0 Å². The Balaban J connectivity index is 2.86. The van der Waals surface area contributed by atoms with E-state index in [0.29, 0.717) is 5.56 Å². The minimum absolute atomic E-state index is 0.149. The highest BCUT2D eigenvalue weighted by Crippen LogP contribution is 2.14. The molecule has 0 radical (unpaired) electrons. The highest BCUT2D eigenvalue weighted by molar-refractivity contribution is 9.10. The molecule has 1 N–H and O–H groups in total. The molecule has 5 nitrogen and oxygen atoms in total. The molecule has 2 amide bonds. The number of nitriles is 1. The number of rotatable bonds is 3. The number of nitrogens with one attached hydrogen (secondary N) is 1. The van der Waals surface area contributed by atoms with Crippen molar-refractivity contribution in [1.29, 1.82) is 5.26 Å². The fourth-order valence-electron chi connectivity index (χ4n) is 1.24. The van der Waals surface area contributed by atoms with Crippen molar-refractivity contribution in [1.82, 2.24) is 5.32 Å². The number of hydrogen-bond acceptors (Lipinski definition) is 4. The lowest BCUT2D eigenvalue weighted by Crippen LogP contribution is -2.31. The summed E-state index contributed by atoms with van der Waals surface area (Å²) >= 11 is 3.29. The van der Waals surface area contributed by atoms with Gasteiger partial charge in [0.2, 0.25) is 0 Å². The maximum Gasteiger partial charge on any atom is 0.414 e. The monoisotopic (exact) mass is 322 g/mol. The van der Waals surface area contributed by atoms with Crippen LogP contribution in [0.2, 0.25) is 0 Å². The molecule has 0 aromatic heterocycles. The number of amides is 2. The number of hydrogen-bond donors (Lipinski definition) is 1. The van der Waals surface area contributed by atoms with Crippen LogP contribution in [0.15, 0.2) is 34.3 Å². The summed E-state index contributed by atoms with van der Waals surface area (Å²) in [6, 6.07) is 8.82. The molecular formula is C13H11BrN2O3. The van der Waals surface area contributed by atoms with E-state index in [9.17, 15) is 9.59 Å². The molecule has 0 bridgehead atoms. The van der Waals surface area contributed by atoms with Crippen LogP contribution in [0.3, 0.4) is 0 Å². The topological polar surface area (TPSA) is 79.2 Å². The van der Waals surface area contributed by atoms with Gasteiger partial charge in [-0.3, -0.25) is 10.1 Å². The molecule has 0 aliphatic carbocycles. The fraction of sp³-hybridized carbons (Fsp3) is 0.154. The predicted molar refractivity (Wildman–Crippen MR) is 72.9 cm³/mol. The van der Waals surface area contributed by atoms with Gasteiger partial charge in [0.25, 0.3) is 5.91 Å². The molecule has 0 spiro atoms. The minimum Gasteiger partial charge on any atom is -0.450 e. The average Bonchev–Trinajstić information content (AvgIpc) is 2.36. The van der Waals surface area contributed by atoms with Gasteiger partial charge >= 0.3 is 6.09 Å². The Labute approximate surface area is 119 Å². The molecule has 0 aliphatic rings. The van der Waals surface area contributed by atoms with Crippen molar-refractivity contribution >= 4 is 34.0 Å². The van der Waals surface area contributed by atoms with E-state index < -0.39 is 12.0 Å². The molecule has 0 atom stereocenters. The molecule has 0 saturated carbocycles. The van der Waals surface area contributed by atoms with Crippen molar-refractivity contribution in [3.05, 3.63) is 39.9 Å². The highest BCUT2D eigenvalue weighted by atomic mass is 79.9. The minimum atomic E-state index is -0.872. The maximum absolute atomic E-state index is 11.6. The summed E-state index contributed by atoms with van der Waals surface area (Å²) in [6.07, 6.45) is 0.516. The average molecular weight is 323 g/mol. The zero-order valence-electron chi connectivity index (χ0n) is 10.1. The summed E-state index contributed by atoms with van der Waals surface area (Å²) in [4.78, 5) is 22.7. The van der Waals surface area contributed by atoms with E-state index in [0.717, 1.165) is 4.47 Å². The van der Waals surface area contributed by atoms with Crippen molar-refractivity contribution in [2.45, 2.75) is 6.92 Å². The Morgan fingerprint density at radius 1 is 1.53 bits per heavy atom. The first-order valence-electron chi connectivity index (χ1n) is 5.42. The molecular weight excluding hydrogens is 312 g/mol. The van der Waals surface area contributed by atoms with Gasteiger partial charge in [-0.2, -0.15) is 5.26 Å². The summed E-state index contributed by atoms with van der Waals surface area (Å²) in [5.74, 6) is -0.791. The van der Waals surface area contributed by atoms with Gasteiger partial charge < -0.3 is 4.74 Å². The van der Waals surface area contributed by atoms with E-state index in [-0.39, 0.29) is 12.2 Å². The lowest BCUT2D eigenvalue weighted by atomic mass is 10.1. The van der Waals surface area contributed by atoms with Crippen LogP contribution in [0, 0.1) is 11.3 Å². The number of nitrogens with zero attached hydrogens (tertiary/aromatic N) is 1. The second kappa shape index (κ2) is 7.34. The standard InChI is InChI=1S/C13H11BrN2O3/c1-2-19-13(18)16-12(17)10(8-15)6-9-4-3-5-11(14)7-9/h3-7H,2H2,1H3,(H,16,17,18). The number of halogens is 1. The Morgan fingerprint density at radius 2 is 2.26 bits per heavy atom. The third kappa shape index (κ3) is 4.94. The van der Waals surface area contributed by atoms with Gasteiger partial charge in [0.15, 0.2) is 0 Å². The van der Waals surface area contributed by atoms with E-state index >= 15 is 0 Å². The smallest absolute Gasteiger partial charge is 0.414 e. The second-order valence-corrected chi connectivity index (χ2v) is 4.32. The Morgan fingerprint density at radius 3 is 2.84 bits per heavy atom. The van der Waals surface area contributed by atoms with Gasteiger partial charge in [0, 0.05) is 4.47 Å². The molecule has 98 valence electrons. The molecule has 1 rings (SSSR count). The van der Waals surface area contributed by atoms with Gasteiger partial charge in [0.05, 0.1) is 6.61 Å². The van der Waals surface area contributed by atoms with E-state index in [4.69, 9.17) is 5.26 Å². The third-order valence-electron chi connectivity index (χ3n) is 2.02. The van der Waals surface area contributed by atoms with Gasteiger partial charge in [-0.15, -0.1) is 0 Å². The molecule has 6 heteroatoms. The Bertz CT molecular complexity index is 561. The maximum atomic E-state index is 11.6. The summed E-state index contributed by atoms with van der Waals surface area (Å²) in [5.41, 5.74) is 0.496. The van der Waals surface area contributed by atoms with Crippen LogP contribution in [0.1, 0.15) is 12.5 Å². The van der Waals surface area contributed by atoms with Crippen LogP contribution < -0.4 is 5.32 Å². The van der Waals surface area contributed by atoms with Gasteiger partial charge in [0.1, 0.15) is 11.6 Å². The first kappa shape index (κ1) is 14.9. The zero-order valence-corrected chi connectivity index (χ0v) is 11.7. The van der Waals surface area contributed by atoms with Crippen LogP contribution in [-0.2, 0) is 9.53 Å². The van der Waals surface area contributed by atoms with E-state index in [1.807, 2.05) is 11.4 Å². The number of imide groups is 1. The first-order valence-corrected chi connectivity index (χ1v) is 6.21. The van der Waals surface area contributed by atoms with Crippen LogP contribution in [0.4, 0.5) is 4.79 Å². The molecule has 0 unspecified atom stereocenters. The first-order chi connectivity index (χ1) is 9.06. The highest BCUT2D eigenvalue weighted by Gasteiger charge is 2.13. The van der Waals surface area contributed by atoms with Gasteiger partial charge in [-0.1, -0.05) is 28.1 Å². The Kier molecular flexibility index (Phi) is 5.76. The lowest BCUT2D eigenvalue weighted by molar-refractivity contribution is -0.116. The molecule has 19 heavy (non-hydrogen) atoms. The normalized spacial score (nSPS) is 10.5. The van der Waals surface area contributed by atoms with Crippen molar-refractivity contribution in [3.8, 4) is 6.07 Å². The molecule has 1 aromatic rings. The van der Waals surface area contributed by atoms with Crippen molar-refractivity contribution in [3.63, 3.8) is 0 Å². The summed E-state index contributed by atoms with van der Waals surface area (Å²) < 4.78 is 5.38. The number of alkyl carbamates (subject to hydrolysis) is 1. The molecule has 0 saturated heterocycles. The van der Waals surface area contributed by atoms with E-state index in [1.165, 1.54) is 6.08 Å². The quantitative estimate of drug-likeness (QED) is 0.685. The van der Waals surface area contributed by atoms with E-state index in [1.54, 1.807) is 31.2 Å². The zero-order chi connectivity index (χ0) is 14.3. The number of benzene rings is 1. The number of ether oxygens (including phenoxy) is 1. The third-order valence-corrected chi connectivity index (χ3v) is 2.51. The second-order valence-electron chi connectivity index (χ2n) is 3.40. The summed E-state index contributed by atoms with van der Waals surface area (Å²) in [7, 11) is 0. The molecule has 0 heterocycles. The van der Waals surface area contributed by atoms with Crippen LogP contribution >= 0.6 is 15.9 Å². The van der Waals surface area contributed by atoms with Crippen LogP contribution in [-0.4, -0.2) is 18.6 Å².